The number of furan rings is 1. The minimum Gasteiger partial charge on any atom is -0.456 e. The van der Waals surface area contributed by atoms with Crippen LogP contribution in [0.4, 0.5) is 0 Å². The molecule has 0 radical (unpaired) electrons. The fourth-order valence-electron chi connectivity index (χ4n) is 9.92. The second-order valence-electron chi connectivity index (χ2n) is 16.3. The van der Waals surface area contributed by atoms with Crippen molar-refractivity contribution < 1.29 is 4.42 Å². The molecular formula is C58H35N3OS. The molecule has 0 amide bonds. The van der Waals surface area contributed by atoms with Crippen molar-refractivity contribution >= 4 is 53.4 Å². The van der Waals surface area contributed by atoms with Crippen molar-refractivity contribution in [3.05, 3.63) is 235 Å². The first-order valence-electron chi connectivity index (χ1n) is 21.2. The summed E-state index contributed by atoms with van der Waals surface area (Å²) in [6.07, 6.45) is 0. The smallest absolute Gasteiger partial charge is 0.164 e. The van der Waals surface area contributed by atoms with Gasteiger partial charge < -0.3 is 4.42 Å². The zero-order valence-corrected chi connectivity index (χ0v) is 34.7. The maximum Gasteiger partial charge on any atom is 0.164 e. The highest BCUT2D eigenvalue weighted by molar-refractivity contribution is 7.25. The number of aromatic nitrogens is 3. The van der Waals surface area contributed by atoms with Gasteiger partial charge in [-0.2, -0.15) is 0 Å². The monoisotopic (exact) mass is 821 g/mol. The quantitative estimate of drug-likeness (QED) is 0.168. The number of rotatable bonds is 6. The highest BCUT2D eigenvalue weighted by Crippen LogP contribution is 2.57. The van der Waals surface area contributed by atoms with E-state index >= 15 is 0 Å². The standard InChI is InChI=1S/C58H35N3OS/c1-2-12-38(13-3-1)55-59-56(61-57(60-55)40-28-32-46-45-16-6-10-20-51(45)62-52(46)34-40)39-24-22-36(23-25-39)37-26-29-41(30-27-37)58(49-18-8-4-14-43(49)44-15-5-9-19-50(44)58)42-31-33-54-48(35-42)47-17-7-11-21-53(47)63-54/h1-35H. The molecule has 1 aliphatic rings. The van der Waals surface area contributed by atoms with Gasteiger partial charge in [0, 0.05) is 47.6 Å². The van der Waals surface area contributed by atoms with Crippen LogP contribution < -0.4 is 0 Å². The number of hydrogen-bond acceptors (Lipinski definition) is 5. The first-order chi connectivity index (χ1) is 31.2. The molecule has 9 aromatic carbocycles. The van der Waals surface area contributed by atoms with Gasteiger partial charge in [0.05, 0.1) is 5.41 Å². The van der Waals surface area contributed by atoms with E-state index in [2.05, 4.69) is 158 Å². The Kier molecular flexibility index (Phi) is 7.96. The summed E-state index contributed by atoms with van der Waals surface area (Å²) in [6.45, 7) is 0. The maximum absolute atomic E-state index is 6.25. The Morgan fingerprint density at radius 3 is 1.57 bits per heavy atom. The minimum atomic E-state index is -0.491. The highest BCUT2D eigenvalue weighted by atomic mass is 32.1. The molecule has 63 heavy (non-hydrogen) atoms. The van der Waals surface area contributed by atoms with Crippen molar-refractivity contribution in [3.8, 4) is 56.4 Å². The third kappa shape index (κ3) is 5.57. The largest absolute Gasteiger partial charge is 0.456 e. The lowest BCUT2D eigenvalue weighted by molar-refractivity contribution is 0.669. The number of benzene rings is 9. The Morgan fingerprint density at radius 1 is 0.333 bits per heavy atom. The summed E-state index contributed by atoms with van der Waals surface area (Å²) in [5.41, 5.74) is 13.8. The topological polar surface area (TPSA) is 51.8 Å². The van der Waals surface area contributed by atoms with E-state index in [1.807, 2.05) is 65.9 Å². The molecule has 1 aliphatic carbocycles. The predicted octanol–water partition coefficient (Wildman–Crippen LogP) is 15.2. The van der Waals surface area contributed by atoms with E-state index in [1.165, 1.54) is 53.6 Å². The van der Waals surface area contributed by atoms with Gasteiger partial charge in [0.15, 0.2) is 17.5 Å². The summed E-state index contributed by atoms with van der Waals surface area (Å²) in [6, 6.07) is 76.0. The summed E-state index contributed by atoms with van der Waals surface area (Å²) >= 11 is 1.86. The molecule has 0 unspecified atom stereocenters. The lowest BCUT2D eigenvalue weighted by atomic mass is 9.67. The van der Waals surface area contributed by atoms with Gasteiger partial charge in [-0.05, 0) is 80.9 Å². The van der Waals surface area contributed by atoms with Crippen LogP contribution in [0.15, 0.2) is 217 Å². The highest BCUT2D eigenvalue weighted by Gasteiger charge is 2.46. The normalized spacial score (nSPS) is 12.9. The van der Waals surface area contributed by atoms with Crippen LogP contribution in [0.5, 0.6) is 0 Å². The molecule has 0 aliphatic heterocycles. The van der Waals surface area contributed by atoms with E-state index in [4.69, 9.17) is 19.4 Å². The lowest BCUT2D eigenvalue weighted by Gasteiger charge is -2.34. The van der Waals surface area contributed by atoms with E-state index < -0.39 is 5.41 Å². The molecule has 0 N–H and O–H groups in total. The molecule has 3 heterocycles. The molecular weight excluding hydrogens is 787 g/mol. The number of thiophene rings is 1. The maximum atomic E-state index is 6.25. The Labute approximate surface area is 367 Å². The lowest BCUT2D eigenvalue weighted by Crippen LogP contribution is -2.28. The molecule has 0 spiro atoms. The fourth-order valence-corrected chi connectivity index (χ4v) is 11.0. The Morgan fingerprint density at radius 2 is 0.841 bits per heavy atom. The number of para-hydroxylation sites is 1. The molecule has 0 saturated carbocycles. The average molecular weight is 822 g/mol. The summed E-state index contributed by atoms with van der Waals surface area (Å²) in [4.78, 5) is 15.1. The van der Waals surface area contributed by atoms with Crippen molar-refractivity contribution in [1.82, 2.24) is 15.0 Å². The van der Waals surface area contributed by atoms with Crippen LogP contribution in [0, 0.1) is 0 Å². The Balaban J connectivity index is 0.899. The second kappa shape index (κ2) is 14.0. The molecule has 0 fully saturated rings. The van der Waals surface area contributed by atoms with Gasteiger partial charge in [0.1, 0.15) is 11.2 Å². The molecule has 3 aromatic heterocycles. The van der Waals surface area contributed by atoms with Crippen LogP contribution >= 0.6 is 11.3 Å². The van der Waals surface area contributed by atoms with Crippen molar-refractivity contribution in [2.45, 2.75) is 5.41 Å². The SMILES string of the molecule is c1ccc(-c2nc(-c3ccc(-c4ccc(C5(c6ccc7sc8ccccc8c7c6)c6ccccc6-c6ccccc65)cc4)cc3)nc(-c3ccc4c(c3)oc3ccccc34)n2)cc1. The van der Waals surface area contributed by atoms with E-state index in [9.17, 15) is 0 Å². The van der Waals surface area contributed by atoms with Gasteiger partial charge in [-0.25, -0.2) is 15.0 Å². The van der Waals surface area contributed by atoms with Crippen LogP contribution in [0.2, 0.25) is 0 Å². The summed E-state index contributed by atoms with van der Waals surface area (Å²) in [7, 11) is 0. The van der Waals surface area contributed by atoms with Gasteiger partial charge in [0.2, 0.25) is 0 Å². The number of fused-ring (bicyclic) bond motifs is 9. The number of hydrogen-bond donors (Lipinski definition) is 0. The van der Waals surface area contributed by atoms with Crippen LogP contribution in [-0.4, -0.2) is 15.0 Å². The summed E-state index contributed by atoms with van der Waals surface area (Å²) in [5.74, 6) is 1.83. The van der Waals surface area contributed by atoms with Gasteiger partial charge in [-0.15, -0.1) is 11.3 Å². The van der Waals surface area contributed by atoms with Crippen molar-refractivity contribution in [3.63, 3.8) is 0 Å². The molecule has 294 valence electrons. The third-order valence-electron chi connectivity index (χ3n) is 12.9. The van der Waals surface area contributed by atoms with E-state index in [0.29, 0.717) is 17.5 Å². The zero-order chi connectivity index (χ0) is 41.5. The first-order valence-corrected chi connectivity index (χ1v) is 22.1. The Bertz CT molecular complexity index is 3690. The molecule has 0 bridgehead atoms. The molecule has 0 saturated heterocycles. The molecule has 13 rings (SSSR count). The van der Waals surface area contributed by atoms with E-state index in [-0.39, 0.29) is 0 Å². The minimum absolute atomic E-state index is 0.491. The van der Waals surface area contributed by atoms with Crippen LogP contribution in [-0.2, 0) is 5.41 Å². The average Bonchev–Trinajstić information content (AvgIpc) is 4.02. The van der Waals surface area contributed by atoms with Gasteiger partial charge in [0.25, 0.3) is 0 Å². The van der Waals surface area contributed by atoms with Gasteiger partial charge in [-0.3, -0.25) is 0 Å². The fraction of sp³-hybridized carbons (Fsp3) is 0.0172. The third-order valence-corrected chi connectivity index (χ3v) is 14.0. The van der Waals surface area contributed by atoms with E-state index in [0.717, 1.165) is 49.8 Å². The predicted molar refractivity (Wildman–Crippen MR) is 259 cm³/mol. The van der Waals surface area contributed by atoms with Crippen LogP contribution in [0.1, 0.15) is 22.3 Å². The first kappa shape index (κ1) is 35.7. The Hall–Kier alpha value is -7.99. The molecule has 5 heteroatoms. The van der Waals surface area contributed by atoms with Crippen LogP contribution in [0.3, 0.4) is 0 Å². The van der Waals surface area contributed by atoms with Crippen molar-refractivity contribution in [2.24, 2.45) is 0 Å². The van der Waals surface area contributed by atoms with Gasteiger partial charge in [-0.1, -0.05) is 176 Å². The van der Waals surface area contributed by atoms with Crippen LogP contribution in [0.25, 0.3) is 98.5 Å². The van der Waals surface area contributed by atoms with E-state index in [1.54, 1.807) is 0 Å². The second-order valence-corrected chi connectivity index (χ2v) is 17.4. The van der Waals surface area contributed by atoms with Crippen molar-refractivity contribution in [1.29, 1.82) is 0 Å². The van der Waals surface area contributed by atoms with Crippen molar-refractivity contribution in [2.75, 3.05) is 0 Å². The molecule has 12 aromatic rings. The van der Waals surface area contributed by atoms with Gasteiger partial charge >= 0.3 is 0 Å². The zero-order valence-electron chi connectivity index (χ0n) is 33.9. The molecule has 0 atom stereocenters. The number of nitrogens with zero attached hydrogens (tertiary/aromatic N) is 3. The molecule has 4 nitrogen and oxygen atoms in total. The summed E-state index contributed by atoms with van der Waals surface area (Å²) < 4.78 is 8.87. The summed E-state index contributed by atoms with van der Waals surface area (Å²) in [5, 5.41) is 4.77.